The summed E-state index contributed by atoms with van der Waals surface area (Å²) >= 11 is 0. The van der Waals surface area contributed by atoms with Crippen molar-refractivity contribution in [3.05, 3.63) is 28.8 Å². The fourth-order valence-corrected chi connectivity index (χ4v) is 4.07. The molecular formula is C24H30O6. The molecule has 0 fully saturated rings. The highest BCUT2D eigenvalue weighted by Crippen LogP contribution is 2.55. The minimum Gasteiger partial charge on any atom is -0.493 e. The predicted octanol–water partition coefficient (Wildman–Crippen LogP) is 5.00. The van der Waals surface area contributed by atoms with Gasteiger partial charge < -0.3 is 28.4 Å². The second kappa shape index (κ2) is 8.78. The van der Waals surface area contributed by atoms with Crippen molar-refractivity contribution < 1.29 is 28.4 Å². The van der Waals surface area contributed by atoms with Crippen molar-refractivity contribution in [2.45, 2.75) is 20.3 Å². The van der Waals surface area contributed by atoms with Gasteiger partial charge in [-0.05, 0) is 42.5 Å². The van der Waals surface area contributed by atoms with Crippen molar-refractivity contribution in [1.29, 1.82) is 0 Å². The van der Waals surface area contributed by atoms with Gasteiger partial charge in [-0.1, -0.05) is 18.6 Å². The third-order valence-corrected chi connectivity index (χ3v) is 5.71. The van der Waals surface area contributed by atoms with E-state index in [1.807, 2.05) is 12.1 Å². The van der Waals surface area contributed by atoms with E-state index in [2.05, 4.69) is 19.9 Å². The molecule has 0 aromatic heterocycles. The van der Waals surface area contributed by atoms with Crippen LogP contribution in [0.2, 0.25) is 0 Å². The van der Waals surface area contributed by atoms with Gasteiger partial charge in [0.15, 0.2) is 23.0 Å². The summed E-state index contributed by atoms with van der Waals surface area (Å²) in [6.07, 6.45) is 2.98. The van der Waals surface area contributed by atoms with Crippen molar-refractivity contribution in [2.24, 2.45) is 5.92 Å². The molecule has 1 aliphatic rings. The van der Waals surface area contributed by atoms with Gasteiger partial charge in [0.2, 0.25) is 11.5 Å². The zero-order valence-corrected chi connectivity index (χ0v) is 19.0. The van der Waals surface area contributed by atoms with E-state index in [9.17, 15) is 0 Å². The Morgan fingerprint density at radius 3 is 1.67 bits per heavy atom. The molecule has 0 spiro atoms. The summed E-state index contributed by atoms with van der Waals surface area (Å²) in [5.41, 5.74) is 5.06. The Morgan fingerprint density at radius 1 is 0.667 bits per heavy atom. The maximum absolute atomic E-state index is 5.87. The summed E-state index contributed by atoms with van der Waals surface area (Å²) in [5.74, 6) is 3.79. The molecule has 0 saturated carbocycles. The Bertz CT molecular complexity index is 977. The molecule has 0 unspecified atom stereocenters. The number of rotatable bonds is 6. The smallest absolute Gasteiger partial charge is 0.203 e. The van der Waals surface area contributed by atoms with Gasteiger partial charge in [-0.3, -0.25) is 0 Å². The number of methoxy groups -OCH3 is 6. The number of hydrogen-bond acceptors (Lipinski definition) is 6. The minimum absolute atomic E-state index is 0.318. The fourth-order valence-electron chi connectivity index (χ4n) is 4.07. The van der Waals surface area contributed by atoms with Crippen molar-refractivity contribution in [2.75, 3.05) is 42.7 Å². The van der Waals surface area contributed by atoms with E-state index in [-0.39, 0.29) is 0 Å². The molecule has 6 nitrogen and oxygen atoms in total. The fraction of sp³-hybridized carbons (Fsp3) is 0.417. The van der Waals surface area contributed by atoms with Crippen molar-refractivity contribution >= 4 is 6.08 Å². The summed E-state index contributed by atoms with van der Waals surface area (Å²) in [5, 5.41) is 0. The molecule has 1 aliphatic carbocycles. The van der Waals surface area contributed by atoms with Crippen LogP contribution in [0.3, 0.4) is 0 Å². The van der Waals surface area contributed by atoms with E-state index >= 15 is 0 Å². The van der Waals surface area contributed by atoms with E-state index in [0.717, 1.165) is 28.7 Å². The molecule has 162 valence electrons. The zero-order chi connectivity index (χ0) is 22.0. The molecule has 0 N–H and O–H groups in total. The molecule has 1 atom stereocenters. The molecule has 0 bridgehead atoms. The van der Waals surface area contributed by atoms with Crippen molar-refractivity contribution in [3.8, 4) is 45.6 Å². The number of hydrogen-bond donors (Lipinski definition) is 0. The zero-order valence-electron chi connectivity index (χ0n) is 19.0. The van der Waals surface area contributed by atoms with Gasteiger partial charge in [-0.15, -0.1) is 0 Å². The Labute approximate surface area is 178 Å². The molecule has 2 aromatic carbocycles. The maximum Gasteiger partial charge on any atom is 0.203 e. The highest BCUT2D eigenvalue weighted by Gasteiger charge is 2.31. The Kier molecular flexibility index (Phi) is 6.34. The Morgan fingerprint density at radius 2 is 1.17 bits per heavy atom. The SMILES string of the molecule is COc1cc2c(c(OC)c1OC)-c1c(cc(OC)c(OC)c1OC)C[C@H](C)C(C)=C2. The first kappa shape index (κ1) is 21.7. The number of benzene rings is 2. The van der Waals surface area contributed by atoms with Gasteiger partial charge in [-0.25, -0.2) is 0 Å². The lowest BCUT2D eigenvalue weighted by Crippen LogP contribution is -2.10. The third kappa shape index (κ3) is 3.40. The Balaban J connectivity index is 2.56. The standard InChI is InChI=1S/C24H30O6/c1-13-9-15-11-17(25-3)21(27-5)23(29-7)19(15)20-16(10-14(13)2)12-18(26-4)22(28-6)24(20)30-8/h9,11-12,14H,10H2,1-8H3/t14-/m0/s1. The summed E-state index contributed by atoms with van der Waals surface area (Å²) in [4.78, 5) is 0. The van der Waals surface area contributed by atoms with Crippen LogP contribution in [-0.2, 0) is 6.42 Å². The van der Waals surface area contributed by atoms with Crippen LogP contribution in [-0.4, -0.2) is 42.7 Å². The van der Waals surface area contributed by atoms with Gasteiger partial charge >= 0.3 is 0 Å². The van der Waals surface area contributed by atoms with Gasteiger partial charge in [0.25, 0.3) is 0 Å². The molecule has 2 aromatic rings. The first-order valence-corrected chi connectivity index (χ1v) is 9.78. The van der Waals surface area contributed by atoms with E-state index in [0.29, 0.717) is 40.4 Å². The largest absolute Gasteiger partial charge is 0.493 e. The van der Waals surface area contributed by atoms with Crippen LogP contribution in [0, 0.1) is 5.92 Å². The van der Waals surface area contributed by atoms with Crippen molar-refractivity contribution in [3.63, 3.8) is 0 Å². The lowest BCUT2D eigenvalue weighted by molar-refractivity contribution is 0.321. The Hall–Kier alpha value is -3.02. The summed E-state index contributed by atoms with van der Waals surface area (Å²) in [6.45, 7) is 4.35. The minimum atomic E-state index is 0.318. The van der Waals surface area contributed by atoms with Crippen LogP contribution >= 0.6 is 0 Å². The topological polar surface area (TPSA) is 55.4 Å². The van der Waals surface area contributed by atoms with Crippen LogP contribution in [0.15, 0.2) is 17.7 Å². The first-order valence-electron chi connectivity index (χ1n) is 9.78. The van der Waals surface area contributed by atoms with Crippen LogP contribution in [0.4, 0.5) is 0 Å². The normalized spacial score (nSPS) is 15.1. The molecule has 0 amide bonds. The summed E-state index contributed by atoms with van der Waals surface area (Å²) in [6, 6.07) is 3.99. The molecule has 6 heteroatoms. The molecule has 0 radical (unpaired) electrons. The quantitative estimate of drug-likeness (QED) is 0.663. The van der Waals surface area contributed by atoms with E-state index in [4.69, 9.17) is 28.4 Å². The maximum atomic E-state index is 5.87. The van der Waals surface area contributed by atoms with Crippen LogP contribution in [0.25, 0.3) is 17.2 Å². The first-order chi connectivity index (χ1) is 14.4. The number of ether oxygens (including phenoxy) is 6. The van der Waals surface area contributed by atoms with Gasteiger partial charge in [0.1, 0.15) is 0 Å². The van der Waals surface area contributed by atoms with E-state index in [1.54, 1.807) is 42.7 Å². The molecular weight excluding hydrogens is 384 g/mol. The number of fused-ring (bicyclic) bond motifs is 3. The summed E-state index contributed by atoms with van der Waals surface area (Å²) < 4.78 is 34.3. The van der Waals surface area contributed by atoms with Gasteiger partial charge in [0, 0.05) is 11.1 Å². The molecule has 30 heavy (non-hydrogen) atoms. The average Bonchev–Trinajstić information content (AvgIpc) is 2.76. The monoisotopic (exact) mass is 414 g/mol. The summed E-state index contributed by atoms with van der Waals surface area (Å²) in [7, 11) is 9.72. The second-order valence-corrected chi connectivity index (χ2v) is 7.28. The number of allylic oxidation sites excluding steroid dienone is 1. The molecule has 0 saturated heterocycles. The lowest BCUT2D eigenvalue weighted by atomic mass is 9.82. The highest BCUT2D eigenvalue weighted by atomic mass is 16.5. The average molecular weight is 414 g/mol. The van der Waals surface area contributed by atoms with Crippen LogP contribution in [0.1, 0.15) is 25.0 Å². The second-order valence-electron chi connectivity index (χ2n) is 7.28. The van der Waals surface area contributed by atoms with Crippen molar-refractivity contribution in [1.82, 2.24) is 0 Å². The predicted molar refractivity (Wildman–Crippen MR) is 118 cm³/mol. The third-order valence-electron chi connectivity index (χ3n) is 5.71. The molecule has 0 heterocycles. The van der Waals surface area contributed by atoms with E-state index < -0.39 is 0 Å². The molecule has 0 aliphatic heterocycles. The van der Waals surface area contributed by atoms with Crippen LogP contribution < -0.4 is 28.4 Å². The van der Waals surface area contributed by atoms with Crippen LogP contribution in [0.5, 0.6) is 34.5 Å². The molecule has 3 rings (SSSR count). The van der Waals surface area contributed by atoms with E-state index in [1.165, 1.54) is 5.57 Å². The van der Waals surface area contributed by atoms with Gasteiger partial charge in [-0.2, -0.15) is 0 Å². The highest BCUT2D eigenvalue weighted by molar-refractivity contribution is 5.92. The van der Waals surface area contributed by atoms with Gasteiger partial charge in [0.05, 0.1) is 42.7 Å². The lowest BCUT2D eigenvalue weighted by Gasteiger charge is -2.27.